The van der Waals surface area contributed by atoms with E-state index in [0.29, 0.717) is 12.7 Å². The molecule has 0 saturated carbocycles. The van der Waals surface area contributed by atoms with Crippen molar-refractivity contribution in [2.24, 2.45) is 0 Å². The summed E-state index contributed by atoms with van der Waals surface area (Å²) in [6.45, 7) is 0.850. The zero-order valence-electron chi connectivity index (χ0n) is 12.1. The third-order valence-corrected chi connectivity index (χ3v) is 3.49. The Morgan fingerprint density at radius 3 is 2.73 bits per heavy atom. The Hall–Kier alpha value is -1.82. The fourth-order valence-corrected chi connectivity index (χ4v) is 2.26. The quantitative estimate of drug-likeness (QED) is 0.598. The number of rotatable bonds is 6. The van der Waals surface area contributed by atoms with Gasteiger partial charge >= 0.3 is 5.97 Å². The lowest BCUT2D eigenvalue weighted by Crippen LogP contribution is -2.26. The summed E-state index contributed by atoms with van der Waals surface area (Å²) < 4.78 is 36.7. The van der Waals surface area contributed by atoms with Crippen LogP contribution in [-0.4, -0.2) is 31.1 Å². The van der Waals surface area contributed by atoms with Crippen LogP contribution in [0.3, 0.4) is 0 Å². The summed E-state index contributed by atoms with van der Waals surface area (Å²) >= 11 is 0. The molecule has 0 aliphatic carbocycles. The Balaban J connectivity index is 1.74. The van der Waals surface area contributed by atoms with Gasteiger partial charge in [-0.2, -0.15) is 0 Å². The number of carbonyl (C=O) groups is 2. The lowest BCUT2D eigenvalue weighted by atomic mass is 10.1. The first-order valence-electron chi connectivity index (χ1n) is 7.32. The monoisotopic (exact) mass is 312 g/mol. The van der Waals surface area contributed by atoms with Crippen LogP contribution in [0, 0.1) is 11.6 Å². The molecular weight excluding hydrogens is 294 g/mol. The lowest BCUT2D eigenvalue weighted by Gasteiger charge is -2.22. The van der Waals surface area contributed by atoms with E-state index in [2.05, 4.69) is 0 Å². The first kappa shape index (κ1) is 16.5. The van der Waals surface area contributed by atoms with Crippen molar-refractivity contribution in [1.29, 1.82) is 0 Å². The Morgan fingerprint density at radius 1 is 1.23 bits per heavy atom. The molecule has 0 aromatic heterocycles. The Morgan fingerprint density at radius 2 is 2.05 bits per heavy atom. The van der Waals surface area contributed by atoms with Gasteiger partial charge in [-0.05, 0) is 31.4 Å². The van der Waals surface area contributed by atoms with E-state index in [1.807, 2.05) is 0 Å². The number of halogens is 2. The number of hydrogen-bond donors (Lipinski definition) is 0. The smallest absolute Gasteiger partial charge is 0.306 e. The largest absolute Gasteiger partial charge is 0.463 e. The van der Waals surface area contributed by atoms with Crippen molar-refractivity contribution < 1.29 is 27.8 Å². The molecule has 22 heavy (non-hydrogen) atoms. The van der Waals surface area contributed by atoms with Crippen LogP contribution in [0.25, 0.3) is 0 Å². The molecule has 4 nitrogen and oxygen atoms in total. The van der Waals surface area contributed by atoms with Gasteiger partial charge in [-0.15, -0.1) is 0 Å². The van der Waals surface area contributed by atoms with Gasteiger partial charge in [0.2, 0.25) is 0 Å². The first-order valence-corrected chi connectivity index (χ1v) is 7.32. The summed E-state index contributed by atoms with van der Waals surface area (Å²) in [6.07, 6.45) is 2.53. The molecular formula is C16H18F2O4. The zero-order chi connectivity index (χ0) is 15.9. The number of hydrogen-bond acceptors (Lipinski definition) is 4. The molecule has 1 aliphatic rings. The maximum absolute atomic E-state index is 13.4. The van der Waals surface area contributed by atoms with Gasteiger partial charge in [0.25, 0.3) is 0 Å². The highest BCUT2D eigenvalue weighted by molar-refractivity contribution is 5.97. The minimum Gasteiger partial charge on any atom is -0.463 e. The van der Waals surface area contributed by atoms with Crippen molar-refractivity contribution >= 4 is 11.8 Å². The maximum Gasteiger partial charge on any atom is 0.306 e. The average Bonchev–Trinajstić information content (AvgIpc) is 2.51. The molecule has 0 amide bonds. The van der Waals surface area contributed by atoms with Crippen molar-refractivity contribution in [3.05, 3.63) is 35.4 Å². The molecule has 1 heterocycles. The third-order valence-electron chi connectivity index (χ3n) is 3.49. The second-order valence-electron chi connectivity index (χ2n) is 5.22. The van der Waals surface area contributed by atoms with E-state index in [1.165, 1.54) is 0 Å². The van der Waals surface area contributed by atoms with Gasteiger partial charge in [0.15, 0.2) is 5.78 Å². The van der Waals surface area contributed by atoms with Crippen LogP contribution in [-0.2, 0) is 14.3 Å². The molecule has 0 bridgehead atoms. The minimum atomic E-state index is -0.922. The summed E-state index contributed by atoms with van der Waals surface area (Å²) in [4.78, 5) is 23.4. The topological polar surface area (TPSA) is 52.6 Å². The molecule has 120 valence electrons. The van der Waals surface area contributed by atoms with Crippen LogP contribution in [0.15, 0.2) is 18.2 Å². The fraction of sp³-hybridized carbons (Fsp3) is 0.500. The van der Waals surface area contributed by atoms with Gasteiger partial charge in [-0.1, -0.05) is 0 Å². The van der Waals surface area contributed by atoms with Crippen LogP contribution in [0.2, 0.25) is 0 Å². The predicted octanol–water partition coefficient (Wildman–Crippen LogP) is 3.04. The van der Waals surface area contributed by atoms with Gasteiger partial charge in [-0.25, -0.2) is 8.78 Å². The van der Waals surface area contributed by atoms with E-state index in [1.54, 1.807) is 0 Å². The Kier molecular flexibility index (Phi) is 6.00. The second-order valence-corrected chi connectivity index (χ2v) is 5.22. The number of esters is 1. The third kappa shape index (κ3) is 4.87. The minimum absolute atomic E-state index is 0.0806. The van der Waals surface area contributed by atoms with E-state index in [0.717, 1.165) is 31.4 Å². The van der Waals surface area contributed by atoms with Gasteiger partial charge in [-0.3, -0.25) is 9.59 Å². The highest BCUT2D eigenvalue weighted by Gasteiger charge is 2.18. The van der Waals surface area contributed by atoms with Gasteiger partial charge in [0.05, 0.1) is 18.1 Å². The maximum atomic E-state index is 13.4. The normalized spacial score (nSPS) is 18.0. The molecule has 1 unspecified atom stereocenters. The predicted molar refractivity (Wildman–Crippen MR) is 74.5 cm³/mol. The molecule has 6 heteroatoms. The number of ether oxygens (including phenoxy) is 2. The zero-order valence-corrected chi connectivity index (χ0v) is 12.1. The summed E-state index contributed by atoms with van der Waals surface area (Å²) in [6, 6.07) is 2.73. The van der Waals surface area contributed by atoms with E-state index in [4.69, 9.17) is 9.47 Å². The van der Waals surface area contributed by atoms with E-state index in [9.17, 15) is 18.4 Å². The van der Waals surface area contributed by atoms with Crippen molar-refractivity contribution in [2.75, 3.05) is 13.2 Å². The highest BCUT2D eigenvalue weighted by atomic mass is 19.1. The molecule has 1 atom stereocenters. The molecule has 1 saturated heterocycles. The average molecular weight is 312 g/mol. The standard InChI is InChI=1S/C16H18F2O4/c17-11-4-5-13(14(18)9-11)15(19)6-7-16(20)22-10-12-3-1-2-8-21-12/h4-5,9,12H,1-3,6-8,10H2. The van der Waals surface area contributed by atoms with Crippen molar-refractivity contribution in [1.82, 2.24) is 0 Å². The molecule has 0 N–H and O–H groups in total. The summed E-state index contributed by atoms with van der Waals surface area (Å²) in [5, 5.41) is 0. The van der Waals surface area contributed by atoms with Crippen LogP contribution in [0.1, 0.15) is 42.5 Å². The van der Waals surface area contributed by atoms with Gasteiger partial charge in [0.1, 0.15) is 18.2 Å². The summed E-state index contributed by atoms with van der Waals surface area (Å²) in [5.74, 6) is -2.75. The molecule has 1 aromatic carbocycles. The number of carbonyl (C=O) groups excluding carboxylic acids is 2. The van der Waals surface area contributed by atoms with E-state index in [-0.39, 0.29) is 31.1 Å². The van der Waals surface area contributed by atoms with Crippen molar-refractivity contribution in [2.45, 2.75) is 38.2 Å². The number of ketones is 1. The van der Waals surface area contributed by atoms with Crippen LogP contribution >= 0.6 is 0 Å². The fourth-order valence-electron chi connectivity index (χ4n) is 2.26. The van der Waals surface area contributed by atoms with Gasteiger partial charge in [0, 0.05) is 19.1 Å². The summed E-state index contributed by atoms with van der Waals surface area (Å²) in [5.41, 5.74) is -0.218. The molecule has 0 spiro atoms. The second kappa shape index (κ2) is 7.98. The number of benzene rings is 1. The van der Waals surface area contributed by atoms with Crippen LogP contribution in [0.5, 0.6) is 0 Å². The van der Waals surface area contributed by atoms with E-state index < -0.39 is 23.4 Å². The lowest BCUT2D eigenvalue weighted by molar-refractivity contribution is -0.149. The van der Waals surface area contributed by atoms with Crippen LogP contribution < -0.4 is 0 Å². The molecule has 1 aliphatic heterocycles. The van der Waals surface area contributed by atoms with Crippen molar-refractivity contribution in [3.8, 4) is 0 Å². The van der Waals surface area contributed by atoms with Crippen molar-refractivity contribution in [3.63, 3.8) is 0 Å². The van der Waals surface area contributed by atoms with Gasteiger partial charge < -0.3 is 9.47 Å². The molecule has 2 rings (SSSR count). The highest BCUT2D eigenvalue weighted by Crippen LogP contribution is 2.15. The SMILES string of the molecule is O=C(CCC(=O)c1ccc(F)cc1F)OCC1CCCCO1. The van der Waals surface area contributed by atoms with E-state index >= 15 is 0 Å². The Bertz CT molecular complexity index is 539. The van der Waals surface area contributed by atoms with Crippen LogP contribution in [0.4, 0.5) is 8.78 Å². The molecule has 1 fully saturated rings. The number of Topliss-reactive ketones (excluding diaryl/α,β-unsaturated/α-hetero) is 1. The first-order chi connectivity index (χ1) is 10.6. The Labute approximate surface area is 127 Å². The molecule has 0 radical (unpaired) electrons. The summed E-state index contributed by atoms with van der Waals surface area (Å²) in [7, 11) is 0. The molecule has 1 aromatic rings.